The largest absolute Gasteiger partial charge is 0.450 e. The van der Waals surface area contributed by atoms with Gasteiger partial charge in [-0.2, -0.15) is 0 Å². The zero-order valence-corrected chi connectivity index (χ0v) is 12.8. The quantitative estimate of drug-likeness (QED) is 0.712. The summed E-state index contributed by atoms with van der Waals surface area (Å²) in [6, 6.07) is -0.124. The van der Waals surface area contributed by atoms with Crippen molar-refractivity contribution in [3.05, 3.63) is 10.0 Å². The van der Waals surface area contributed by atoms with E-state index >= 15 is 0 Å². The molecule has 0 aromatic carbocycles. The summed E-state index contributed by atoms with van der Waals surface area (Å²) >= 11 is 1.58. The van der Waals surface area contributed by atoms with Crippen LogP contribution in [0.2, 0.25) is 0 Å². The molecular weight excluding hydrogens is 292 g/mol. The standard InChI is InChI=1S/C13H20N4O3S/c1-8(18)15-10(4-2-3-7-20-13(14)19)12-17-16-11(21-12)9-5-6-9/h9-10H,2-7H2,1H3,(H2,14,19)(H,15,18). The topological polar surface area (TPSA) is 107 Å². The van der Waals surface area contributed by atoms with Gasteiger partial charge in [0.15, 0.2) is 0 Å². The Hall–Kier alpha value is -1.70. The van der Waals surface area contributed by atoms with Crippen LogP contribution in [0.25, 0.3) is 0 Å². The molecule has 1 aliphatic carbocycles. The minimum atomic E-state index is -0.758. The number of carbonyl (C=O) groups excluding carboxylic acids is 2. The number of primary amides is 1. The summed E-state index contributed by atoms with van der Waals surface area (Å²) in [5, 5.41) is 13.2. The molecule has 2 amide bonds. The maximum absolute atomic E-state index is 11.3. The first-order chi connectivity index (χ1) is 10.1. The molecule has 21 heavy (non-hydrogen) atoms. The molecule has 116 valence electrons. The molecule has 2 rings (SSSR count). The molecule has 0 radical (unpaired) electrons. The Balaban J connectivity index is 1.84. The normalized spacial score (nSPS) is 15.5. The highest BCUT2D eigenvalue weighted by atomic mass is 32.1. The molecular formula is C13H20N4O3S. The highest BCUT2D eigenvalue weighted by Gasteiger charge is 2.29. The van der Waals surface area contributed by atoms with Crippen LogP contribution in [-0.4, -0.2) is 28.8 Å². The maximum atomic E-state index is 11.3. The Morgan fingerprint density at radius 3 is 2.81 bits per heavy atom. The number of hydrogen-bond donors (Lipinski definition) is 2. The lowest BCUT2D eigenvalue weighted by molar-refractivity contribution is -0.119. The van der Waals surface area contributed by atoms with Crippen LogP contribution < -0.4 is 11.1 Å². The monoisotopic (exact) mass is 312 g/mol. The Morgan fingerprint density at radius 1 is 1.43 bits per heavy atom. The van der Waals surface area contributed by atoms with E-state index in [0.717, 1.165) is 22.9 Å². The van der Waals surface area contributed by atoms with Crippen molar-refractivity contribution in [3.63, 3.8) is 0 Å². The molecule has 0 aliphatic heterocycles. The Morgan fingerprint density at radius 2 is 2.19 bits per heavy atom. The highest BCUT2D eigenvalue weighted by Crippen LogP contribution is 2.42. The molecule has 7 nitrogen and oxygen atoms in total. The van der Waals surface area contributed by atoms with Crippen LogP contribution in [0.1, 0.15) is 61.0 Å². The average Bonchev–Trinajstić information content (AvgIpc) is 3.14. The van der Waals surface area contributed by atoms with Gasteiger partial charge in [-0.3, -0.25) is 4.79 Å². The first-order valence-electron chi connectivity index (χ1n) is 7.09. The molecule has 1 aromatic rings. The van der Waals surface area contributed by atoms with E-state index in [1.165, 1.54) is 19.8 Å². The van der Waals surface area contributed by atoms with Crippen LogP contribution in [0.15, 0.2) is 0 Å². The molecule has 1 heterocycles. The first-order valence-corrected chi connectivity index (χ1v) is 7.90. The second-order valence-electron chi connectivity index (χ2n) is 5.17. The van der Waals surface area contributed by atoms with Gasteiger partial charge in [-0.25, -0.2) is 4.79 Å². The van der Waals surface area contributed by atoms with Crippen LogP contribution in [0.5, 0.6) is 0 Å². The molecule has 0 saturated heterocycles. The fraction of sp³-hybridized carbons (Fsp3) is 0.692. The number of hydrogen-bond acceptors (Lipinski definition) is 6. The smallest absolute Gasteiger partial charge is 0.404 e. The predicted octanol–water partition coefficient (Wildman–Crippen LogP) is 1.86. The van der Waals surface area contributed by atoms with Crippen molar-refractivity contribution in [1.29, 1.82) is 0 Å². The summed E-state index contributed by atoms with van der Waals surface area (Å²) in [5.41, 5.74) is 4.89. The van der Waals surface area contributed by atoms with E-state index in [-0.39, 0.29) is 11.9 Å². The molecule has 1 fully saturated rings. The van der Waals surface area contributed by atoms with E-state index in [1.54, 1.807) is 11.3 Å². The maximum Gasteiger partial charge on any atom is 0.404 e. The van der Waals surface area contributed by atoms with Gasteiger partial charge in [0.2, 0.25) is 5.91 Å². The number of rotatable bonds is 8. The van der Waals surface area contributed by atoms with Crippen molar-refractivity contribution >= 4 is 23.3 Å². The summed E-state index contributed by atoms with van der Waals surface area (Å²) < 4.78 is 4.68. The van der Waals surface area contributed by atoms with Crippen molar-refractivity contribution < 1.29 is 14.3 Å². The van der Waals surface area contributed by atoms with E-state index in [4.69, 9.17) is 5.73 Å². The predicted molar refractivity (Wildman–Crippen MR) is 77.8 cm³/mol. The van der Waals surface area contributed by atoms with E-state index in [9.17, 15) is 9.59 Å². The van der Waals surface area contributed by atoms with Crippen molar-refractivity contribution in [2.75, 3.05) is 6.61 Å². The van der Waals surface area contributed by atoms with Gasteiger partial charge in [0.05, 0.1) is 12.6 Å². The number of carbonyl (C=O) groups is 2. The minimum absolute atomic E-state index is 0.0865. The Bertz CT molecular complexity index is 501. The fourth-order valence-electron chi connectivity index (χ4n) is 2.01. The van der Waals surface area contributed by atoms with Crippen molar-refractivity contribution in [2.24, 2.45) is 5.73 Å². The lowest BCUT2D eigenvalue weighted by Gasteiger charge is -2.14. The highest BCUT2D eigenvalue weighted by molar-refractivity contribution is 7.11. The molecule has 0 bridgehead atoms. The molecule has 1 saturated carbocycles. The third kappa shape index (κ3) is 5.30. The summed E-state index contributed by atoms with van der Waals surface area (Å²) in [4.78, 5) is 21.8. The van der Waals surface area contributed by atoms with Crippen molar-refractivity contribution in [2.45, 2.75) is 51.0 Å². The van der Waals surface area contributed by atoms with Gasteiger partial charge in [-0.05, 0) is 32.1 Å². The summed E-state index contributed by atoms with van der Waals surface area (Å²) in [5.74, 6) is 0.481. The number of ether oxygens (including phenoxy) is 1. The van der Waals surface area contributed by atoms with Crippen molar-refractivity contribution in [1.82, 2.24) is 15.5 Å². The van der Waals surface area contributed by atoms with E-state index in [0.29, 0.717) is 18.9 Å². The van der Waals surface area contributed by atoms with Crippen LogP contribution in [0.4, 0.5) is 4.79 Å². The van der Waals surface area contributed by atoms with Gasteiger partial charge >= 0.3 is 6.09 Å². The molecule has 1 unspecified atom stereocenters. The van der Waals surface area contributed by atoms with E-state index in [1.807, 2.05) is 0 Å². The van der Waals surface area contributed by atoms with Crippen LogP contribution in [0, 0.1) is 0 Å². The summed E-state index contributed by atoms with van der Waals surface area (Å²) in [6.45, 7) is 1.79. The molecule has 1 aromatic heterocycles. The fourth-order valence-corrected chi connectivity index (χ4v) is 3.11. The first kappa shape index (κ1) is 15.7. The zero-order chi connectivity index (χ0) is 15.2. The Labute approximate surface area is 127 Å². The average molecular weight is 312 g/mol. The summed E-state index contributed by atoms with van der Waals surface area (Å²) in [6.07, 6.45) is 3.85. The lowest BCUT2D eigenvalue weighted by Crippen LogP contribution is -2.26. The molecule has 0 spiro atoms. The third-order valence-electron chi connectivity index (χ3n) is 3.19. The molecule has 1 atom stereocenters. The van der Waals surface area contributed by atoms with Crippen LogP contribution >= 0.6 is 11.3 Å². The number of unbranched alkanes of at least 4 members (excludes halogenated alkanes) is 1. The van der Waals surface area contributed by atoms with Crippen molar-refractivity contribution in [3.8, 4) is 0 Å². The number of nitrogens with one attached hydrogen (secondary N) is 1. The second kappa shape index (κ2) is 7.35. The van der Waals surface area contributed by atoms with Crippen LogP contribution in [0.3, 0.4) is 0 Å². The lowest BCUT2D eigenvalue weighted by atomic mass is 10.1. The van der Waals surface area contributed by atoms with E-state index < -0.39 is 6.09 Å². The van der Waals surface area contributed by atoms with Gasteiger partial charge in [0.25, 0.3) is 0 Å². The van der Waals surface area contributed by atoms with Gasteiger partial charge in [0.1, 0.15) is 10.0 Å². The molecule has 8 heteroatoms. The second-order valence-corrected chi connectivity index (χ2v) is 6.21. The SMILES string of the molecule is CC(=O)NC(CCCCOC(N)=O)c1nnc(C2CC2)s1. The minimum Gasteiger partial charge on any atom is -0.450 e. The van der Waals surface area contributed by atoms with Gasteiger partial charge < -0.3 is 15.8 Å². The Kier molecular flexibility index (Phi) is 5.49. The number of nitrogens with zero attached hydrogens (tertiary/aromatic N) is 2. The van der Waals surface area contributed by atoms with Gasteiger partial charge in [-0.1, -0.05) is 11.3 Å². The van der Waals surface area contributed by atoms with Gasteiger partial charge in [0, 0.05) is 12.8 Å². The number of amides is 2. The van der Waals surface area contributed by atoms with Gasteiger partial charge in [-0.15, -0.1) is 10.2 Å². The number of aromatic nitrogens is 2. The molecule has 1 aliphatic rings. The van der Waals surface area contributed by atoms with E-state index in [2.05, 4.69) is 20.3 Å². The summed E-state index contributed by atoms with van der Waals surface area (Å²) in [7, 11) is 0. The third-order valence-corrected chi connectivity index (χ3v) is 4.39. The molecule has 3 N–H and O–H groups in total. The zero-order valence-electron chi connectivity index (χ0n) is 12.0. The number of nitrogens with two attached hydrogens (primary N) is 1. The van der Waals surface area contributed by atoms with Crippen LogP contribution in [-0.2, 0) is 9.53 Å².